The summed E-state index contributed by atoms with van der Waals surface area (Å²) >= 11 is 3.36. The number of hydrazone groups is 1. The summed E-state index contributed by atoms with van der Waals surface area (Å²) in [4.78, 5) is 11.9. The summed E-state index contributed by atoms with van der Waals surface area (Å²) in [5.41, 5.74) is 5.84. The van der Waals surface area contributed by atoms with Crippen molar-refractivity contribution >= 4 is 49.9 Å². The maximum Gasteiger partial charge on any atom is 0.277 e. The van der Waals surface area contributed by atoms with E-state index in [9.17, 15) is 4.79 Å². The van der Waals surface area contributed by atoms with Crippen LogP contribution in [0.5, 0.6) is 5.75 Å². The molecule has 0 bridgehead atoms. The van der Waals surface area contributed by atoms with Gasteiger partial charge in [-0.2, -0.15) is 5.10 Å². The van der Waals surface area contributed by atoms with Crippen LogP contribution < -0.4 is 10.2 Å². The van der Waals surface area contributed by atoms with Gasteiger partial charge < -0.3 is 9.30 Å². The summed E-state index contributed by atoms with van der Waals surface area (Å²) in [7, 11) is 0. The Morgan fingerprint density at radius 2 is 1.83 bits per heavy atom. The fourth-order valence-corrected chi connectivity index (χ4v) is 3.65. The van der Waals surface area contributed by atoms with Crippen LogP contribution in [0.15, 0.2) is 76.3 Å². The molecule has 0 saturated carbocycles. The number of nitrogens with one attached hydrogen (secondary N) is 1. The molecule has 0 atom stereocenters. The summed E-state index contributed by atoms with van der Waals surface area (Å²) in [5, 5.41) is 6.45. The Hall–Kier alpha value is -3.12. The van der Waals surface area contributed by atoms with Crippen molar-refractivity contribution in [2.24, 2.45) is 5.10 Å². The molecule has 1 heterocycles. The van der Waals surface area contributed by atoms with Crippen molar-refractivity contribution in [3.05, 3.63) is 76.8 Å². The van der Waals surface area contributed by atoms with Gasteiger partial charge in [0.05, 0.1) is 6.21 Å². The zero-order chi connectivity index (χ0) is 20.2. The van der Waals surface area contributed by atoms with Gasteiger partial charge in [0, 0.05) is 32.8 Å². The highest BCUT2D eigenvalue weighted by Crippen LogP contribution is 2.29. The lowest BCUT2D eigenvalue weighted by Crippen LogP contribution is -2.24. The number of ether oxygens (including phenoxy) is 1. The summed E-state index contributed by atoms with van der Waals surface area (Å²) in [6.45, 7) is 2.96. The Morgan fingerprint density at radius 1 is 1.07 bits per heavy atom. The van der Waals surface area contributed by atoms with E-state index in [4.69, 9.17) is 4.74 Å². The van der Waals surface area contributed by atoms with Gasteiger partial charge in [-0.3, -0.25) is 4.79 Å². The predicted molar refractivity (Wildman–Crippen MR) is 120 cm³/mol. The molecule has 0 fully saturated rings. The highest BCUT2D eigenvalue weighted by Gasteiger charge is 2.09. The first-order chi connectivity index (χ1) is 14.2. The summed E-state index contributed by atoms with van der Waals surface area (Å²) in [5.74, 6) is 0.318. The van der Waals surface area contributed by atoms with Gasteiger partial charge in [-0.05, 0) is 55.0 Å². The highest BCUT2D eigenvalue weighted by molar-refractivity contribution is 9.10. The van der Waals surface area contributed by atoms with Crippen molar-refractivity contribution in [3.8, 4) is 5.75 Å². The molecule has 0 radical (unpaired) electrons. The lowest BCUT2D eigenvalue weighted by Gasteiger charge is -2.05. The third kappa shape index (κ3) is 4.17. The van der Waals surface area contributed by atoms with E-state index in [2.05, 4.69) is 68.3 Å². The first-order valence-electron chi connectivity index (χ1n) is 9.37. The molecule has 0 aliphatic carbocycles. The molecule has 3 aromatic carbocycles. The average molecular weight is 450 g/mol. The maximum atomic E-state index is 11.9. The molecule has 0 aliphatic rings. The fourth-order valence-electron chi connectivity index (χ4n) is 3.38. The topological polar surface area (TPSA) is 55.6 Å². The van der Waals surface area contributed by atoms with E-state index < -0.39 is 0 Å². The summed E-state index contributed by atoms with van der Waals surface area (Å²) in [6, 6.07) is 21.9. The van der Waals surface area contributed by atoms with Crippen molar-refractivity contribution < 1.29 is 9.53 Å². The number of benzene rings is 3. The van der Waals surface area contributed by atoms with Gasteiger partial charge in [0.15, 0.2) is 6.61 Å². The lowest BCUT2D eigenvalue weighted by atomic mass is 10.1. The van der Waals surface area contributed by atoms with Gasteiger partial charge in [-0.15, -0.1) is 0 Å². The fraction of sp³-hybridized carbons (Fsp3) is 0.130. The zero-order valence-electron chi connectivity index (χ0n) is 15.9. The monoisotopic (exact) mass is 449 g/mol. The van der Waals surface area contributed by atoms with Crippen molar-refractivity contribution in [2.75, 3.05) is 6.61 Å². The van der Waals surface area contributed by atoms with Crippen molar-refractivity contribution in [3.63, 3.8) is 0 Å². The summed E-state index contributed by atoms with van der Waals surface area (Å²) in [6.07, 6.45) is 1.65. The number of aromatic nitrogens is 1. The first kappa shape index (κ1) is 19.2. The van der Waals surface area contributed by atoms with E-state index in [1.807, 2.05) is 24.3 Å². The third-order valence-corrected chi connectivity index (χ3v) is 5.23. The third-order valence-electron chi connectivity index (χ3n) is 4.70. The maximum absolute atomic E-state index is 11.9. The molecule has 146 valence electrons. The molecule has 1 amide bonds. The first-order valence-corrected chi connectivity index (χ1v) is 10.2. The predicted octanol–water partition coefficient (Wildman–Crippen LogP) is 5.11. The molecular weight excluding hydrogens is 430 g/mol. The Balaban J connectivity index is 1.45. The minimum Gasteiger partial charge on any atom is -0.484 e. The van der Waals surface area contributed by atoms with Gasteiger partial charge in [-0.25, -0.2) is 5.43 Å². The number of rotatable bonds is 6. The molecule has 1 aromatic heterocycles. The number of carbonyl (C=O) groups is 1. The van der Waals surface area contributed by atoms with Crippen LogP contribution in [0.2, 0.25) is 0 Å². The number of carbonyl (C=O) groups excluding carboxylic acids is 1. The van der Waals surface area contributed by atoms with Gasteiger partial charge >= 0.3 is 0 Å². The second-order valence-electron chi connectivity index (χ2n) is 6.57. The molecule has 5 nitrogen and oxygen atoms in total. The highest BCUT2D eigenvalue weighted by atomic mass is 79.9. The number of hydrogen-bond acceptors (Lipinski definition) is 3. The molecule has 0 unspecified atom stereocenters. The zero-order valence-corrected chi connectivity index (χ0v) is 17.5. The minimum atomic E-state index is -0.312. The van der Waals surface area contributed by atoms with E-state index in [0.29, 0.717) is 5.75 Å². The van der Waals surface area contributed by atoms with E-state index in [1.165, 1.54) is 21.8 Å². The van der Waals surface area contributed by atoms with Gasteiger partial charge in [0.25, 0.3) is 5.91 Å². The number of para-hydroxylation sites is 1. The minimum absolute atomic E-state index is 0.0952. The van der Waals surface area contributed by atoms with Crippen LogP contribution in [0.25, 0.3) is 21.8 Å². The van der Waals surface area contributed by atoms with Crippen LogP contribution in [0.4, 0.5) is 0 Å². The van der Waals surface area contributed by atoms with Gasteiger partial charge in [-0.1, -0.05) is 40.2 Å². The number of amides is 1. The summed E-state index contributed by atoms with van der Waals surface area (Å²) < 4.78 is 8.69. The van der Waals surface area contributed by atoms with Gasteiger partial charge in [0.2, 0.25) is 0 Å². The second kappa shape index (κ2) is 8.49. The normalized spacial score (nSPS) is 11.4. The number of aryl methyl sites for hydroxylation is 1. The largest absolute Gasteiger partial charge is 0.484 e. The van der Waals surface area contributed by atoms with Crippen molar-refractivity contribution in [2.45, 2.75) is 13.5 Å². The average Bonchev–Trinajstić information content (AvgIpc) is 3.06. The second-order valence-corrected chi connectivity index (χ2v) is 7.49. The van der Waals surface area contributed by atoms with Crippen LogP contribution in [-0.2, 0) is 11.3 Å². The number of nitrogens with zero attached hydrogens (tertiary/aromatic N) is 2. The lowest BCUT2D eigenvalue weighted by molar-refractivity contribution is -0.123. The molecule has 6 heteroatoms. The SMILES string of the molecule is CCn1c2ccccc2c2cc(C=NNC(=O)COc3ccc(Br)cc3)ccc21. The van der Waals surface area contributed by atoms with Crippen molar-refractivity contribution in [1.82, 2.24) is 9.99 Å². The molecule has 1 N–H and O–H groups in total. The van der Waals surface area contributed by atoms with Crippen LogP contribution in [0.1, 0.15) is 12.5 Å². The quantitative estimate of drug-likeness (QED) is 0.328. The molecule has 0 aliphatic heterocycles. The number of fused-ring (bicyclic) bond motifs is 3. The number of halogens is 1. The molecule has 0 saturated heterocycles. The molecule has 4 rings (SSSR count). The van der Waals surface area contributed by atoms with Crippen LogP contribution in [0.3, 0.4) is 0 Å². The Labute approximate surface area is 177 Å². The standard InChI is InChI=1S/C23H20BrN3O2/c1-2-27-21-6-4-3-5-19(21)20-13-16(7-12-22(20)27)14-25-26-23(28)15-29-18-10-8-17(24)9-11-18/h3-14H,2,15H2,1H3,(H,26,28). The molecular formula is C23H20BrN3O2. The van der Waals surface area contributed by atoms with Crippen molar-refractivity contribution in [1.29, 1.82) is 0 Å². The van der Waals surface area contributed by atoms with Gasteiger partial charge in [0.1, 0.15) is 5.75 Å². The van der Waals surface area contributed by atoms with E-state index in [0.717, 1.165) is 16.6 Å². The Kier molecular flexibility index (Phi) is 5.62. The van der Waals surface area contributed by atoms with Crippen LogP contribution in [-0.4, -0.2) is 23.3 Å². The Morgan fingerprint density at radius 3 is 2.62 bits per heavy atom. The molecule has 4 aromatic rings. The smallest absolute Gasteiger partial charge is 0.277 e. The van der Waals surface area contributed by atoms with Crippen LogP contribution >= 0.6 is 15.9 Å². The number of hydrogen-bond donors (Lipinski definition) is 1. The van der Waals surface area contributed by atoms with E-state index in [-0.39, 0.29) is 12.5 Å². The Bertz CT molecular complexity index is 1200. The van der Waals surface area contributed by atoms with E-state index >= 15 is 0 Å². The molecule has 29 heavy (non-hydrogen) atoms. The van der Waals surface area contributed by atoms with E-state index in [1.54, 1.807) is 18.3 Å². The molecule has 0 spiro atoms. The van der Waals surface area contributed by atoms with Crippen LogP contribution in [0, 0.1) is 0 Å².